The third-order valence-corrected chi connectivity index (χ3v) is 3.72. The summed E-state index contributed by atoms with van der Waals surface area (Å²) in [6.07, 6.45) is 2.69. The molecule has 0 radical (unpaired) electrons. The summed E-state index contributed by atoms with van der Waals surface area (Å²) in [5, 5.41) is 0. The predicted octanol–water partition coefficient (Wildman–Crippen LogP) is 3.70. The Balaban J connectivity index is 2.03. The Labute approximate surface area is 99.5 Å². The molecule has 16 heavy (non-hydrogen) atoms. The van der Waals surface area contributed by atoms with Crippen molar-refractivity contribution in [3.8, 4) is 0 Å². The maximum atomic E-state index is 2.62. The van der Waals surface area contributed by atoms with Gasteiger partial charge >= 0.3 is 0 Å². The van der Waals surface area contributed by atoms with Gasteiger partial charge in [-0.2, -0.15) is 0 Å². The molecule has 0 unspecified atom stereocenters. The summed E-state index contributed by atoms with van der Waals surface area (Å²) >= 11 is 0. The average Bonchev–Trinajstić information content (AvgIpc) is 2.25. The van der Waals surface area contributed by atoms with Crippen LogP contribution in [0.3, 0.4) is 0 Å². The molecule has 1 nitrogen and oxygen atoms in total. The SMILES string of the molecule is C[C@@H]1CCC(C)(C)CN1Cc1ccccc1. The molecule has 0 bridgehead atoms. The lowest BCUT2D eigenvalue weighted by Gasteiger charge is -2.42. The highest BCUT2D eigenvalue weighted by atomic mass is 15.2. The maximum Gasteiger partial charge on any atom is 0.0236 e. The van der Waals surface area contributed by atoms with Crippen LogP contribution in [0.15, 0.2) is 30.3 Å². The topological polar surface area (TPSA) is 3.24 Å². The van der Waals surface area contributed by atoms with Crippen molar-refractivity contribution in [1.82, 2.24) is 4.90 Å². The largest absolute Gasteiger partial charge is 0.296 e. The minimum atomic E-state index is 0.487. The number of likely N-dealkylation sites (tertiary alicyclic amines) is 1. The van der Waals surface area contributed by atoms with Gasteiger partial charge in [0.25, 0.3) is 0 Å². The Hall–Kier alpha value is -0.820. The van der Waals surface area contributed by atoms with Gasteiger partial charge in [0.05, 0.1) is 0 Å². The van der Waals surface area contributed by atoms with Crippen molar-refractivity contribution in [2.45, 2.75) is 46.2 Å². The Morgan fingerprint density at radius 2 is 1.94 bits per heavy atom. The van der Waals surface area contributed by atoms with Gasteiger partial charge in [-0.25, -0.2) is 0 Å². The van der Waals surface area contributed by atoms with Gasteiger partial charge in [0.15, 0.2) is 0 Å². The van der Waals surface area contributed by atoms with Crippen molar-refractivity contribution in [3.05, 3.63) is 35.9 Å². The van der Waals surface area contributed by atoms with Crippen LogP contribution in [0.4, 0.5) is 0 Å². The van der Waals surface area contributed by atoms with Crippen molar-refractivity contribution in [1.29, 1.82) is 0 Å². The number of benzene rings is 1. The molecule has 2 rings (SSSR count). The Morgan fingerprint density at radius 1 is 1.25 bits per heavy atom. The minimum absolute atomic E-state index is 0.487. The summed E-state index contributed by atoms with van der Waals surface area (Å²) in [4.78, 5) is 2.62. The second-order valence-electron chi connectivity index (χ2n) is 5.94. The maximum absolute atomic E-state index is 2.62. The van der Waals surface area contributed by atoms with Crippen LogP contribution in [0.25, 0.3) is 0 Å². The molecule has 0 amide bonds. The van der Waals surface area contributed by atoms with Gasteiger partial charge in [0, 0.05) is 19.1 Å². The van der Waals surface area contributed by atoms with Gasteiger partial charge in [-0.15, -0.1) is 0 Å². The van der Waals surface area contributed by atoms with Crippen molar-refractivity contribution >= 4 is 0 Å². The molecule has 1 fully saturated rings. The van der Waals surface area contributed by atoms with Gasteiger partial charge in [-0.1, -0.05) is 44.2 Å². The van der Waals surface area contributed by atoms with Gasteiger partial charge in [0.1, 0.15) is 0 Å². The van der Waals surface area contributed by atoms with Crippen molar-refractivity contribution in [2.75, 3.05) is 6.54 Å². The summed E-state index contributed by atoms with van der Waals surface area (Å²) in [6.45, 7) is 9.46. The van der Waals surface area contributed by atoms with E-state index in [-0.39, 0.29) is 0 Å². The summed E-state index contributed by atoms with van der Waals surface area (Å²) < 4.78 is 0. The van der Waals surface area contributed by atoms with Crippen molar-refractivity contribution < 1.29 is 0 Å². The summed E-state index contributed by atoms with van der Waals surface area (Å²) in [6, 6.07) is 11.5. The average molecular weight is 217 g/mol. The number of nitrogens with zero attached hydrogens (tertiary/aromatic N) is 1. The molecular formula is C15H23N. The quantitative estimate of drug-likeness (QED) is 0.730. The first-order chi connectivity index (χ1) is 7.57. The smallest absolute Gasteiger partial charge is 0.0236 e. The van der Waals surface area contributed by atoms with E-state index in [2.05, 4.69) is 56.0 Å². The molecule has 1 aliphatic rings. The standard InChI is InChI=1S/C15H23N/c1-13-9-10-15(2,3)12-16(13)11-14-7-5-4-6-8-14/h4-8,13H,9-12H2,1-3H3/t13-/m1/s1. The van der Waals surface area contributed by atoms with Gasteiger partial charge in [-0.3, -0.25) is 4.90 Å². The van der Waals surface area contributed by atoms with Crippen molar-refractivity contribution in [2.24, 2.45) is 5.41 Å². The summed E-state index contributed by atoms with van der Waals surface area (Å²) in [5.41, 5.74) is 1.92. The Kier molecular flexibility index (Phi) is 3.34. The predicted molar refractivity (Wildman–Crippen MR) is 69.3 cm³/mol. The van der Waals surface area contributed by atoms with E-state index >= 15 is 0 Å². The first-order valence-corrected chi connectivity index (χ1v) is 6.35. The fourth-order valence-electron chi connectivity index (χ4n) is 2.60. The molecule has 1 heterocycles. The highest BCUT2D eigenvalue weighted by Gasteiger charge is 2.30. The number of hydrogen-bond donors (Lipinski definition) is 0. The van der Waals surface area contributed by atoms with E-state index in [1.54, 1.807) is 0 Å². The van der Waals surface area contributed by atoms with E-state index in [1.165, 1.54) is 24.9 Å². The van der Waals surface area contributed by atoms with E-state index < -0.39 is 0 Å². The first kappa shape index (κ1) is 11.7. The zero-order chi connectivity index (χ0) is 11.6. The van der Waals surface area contributed by atoms with Crippen LogP contribution in [0.5, 0.6) is 0 Å². The zero-order valence-corrected chi connectivity index (χ0v) is 10.7. The first-order valence-electron chi connectivity index (χ1n) is 6.35. The molecule has 0 N–H and O–H groups in total. The molecule has 0 aromatic heterocycles. The Bertz CT molecular complexity index is 329. The summed E-state index contributed by atoms with van der Waals surface area (Å²) in [5.74, 6) is 0. The second kappa shape index (κ2) is 4.58. The molecule has 1 aromatic carbocycles. The monoisotopic (exact) mass is 217 g/mol. The lowest BCUT2D eigenvalue weighted by Crippen LogP contribution is -2.44. The molecule has 1 aliphatic heterocycles. The molecule has 88 valence electrons. The van der Waals surface area contributed by atoms with Crippen LogP contribution < -0.4 is 0 Å². The number of piperidine rings is 1. The van der Waals surface area contributed by atoms with E-state index in [0.717, 1.165) is 12.6 Å². The molecular weight excluding hydrogens is 194 g/mol. The molecule has 1 atom stereocenters. The third kappa shape index (κ3) is 2.85. The van der Waals surface area contributed by atoms with Crippen LogP contribution in [-0.4, -0.2) is 17.5 Å². The Morgan fingerprint density at radius 3 is 2.62 bits per heavy atom. The fraction of sp³-hybridized carbons (Fsp3) is 0.600. The van der Waals surface area contributed by atoms with Crippen LogP contribution in [-0.2, 0) is 6.54 Å². The lowest BCUT2D eigenvalue weighted by atomic mass is 9.81. The molecule has 1 saturated heterocycles. The second-order valence-corrected chi connectivity index (χ2v) is 5.94. The fourth-order valence-corrected chi connectivity index (χ4v) is 2.60. The van der Waals surface area contributed by atoms with Crippen LogP contribution in [0.2, 0.25) is 0 Å². The number of hydrogen-bond acceptors (Lipinski definition) is 1. The normalized spacial score (nSPS) is 25.6. The van der Waals surface area contributed by atoms with Gasteiger partial charge < -0.3 is 0 Å². The molecule has 0 spiro atoms. The summed E-state index contributed by atoms with van der Waals surface area (Å²) in [7, 11) is 0. The molecule has 0 aliphatic carbocycles. The zero-order valence-electron chi connectivity index (χ0n) is 10.7. The highest BCUT2D eigenvalue weighted by Crippen LogP contribution is 2.32. The molecule has 0 saturated carbocycles. The van der Waals surface area contributed by atoms with Crippen LogP contribution in [0.1, 0.15) is 39.2 Å². The van der Waals surface area contributed by atoms with Crippen LogP contribution >= 0.6 is 0 Å². The van der Waals surface area contributed by atoms with Crippen LogP contribution in [0, 0.1) is 5.41 Å². The van der Waals surface area contributed by atoms with Gasteiger partial charge in [0.2, 0.25) is 0 Å². The third-order valence-electron chi connectivity index (χ3n) is 3.72. The number of rotatable bonds is 2. The lowest BCUT2D eigenvalue weighted by molar-refractivity contribution is 0.0654. The van der Waals surface area contributed by atoms with E-state index in [9.17, 15) is 0 Å². The van der Waals surface area contributed by atoms with E-state index in [1.807, 2.05) is 0 Å². The molecule has 1 aromatic rings. The minimum Gasteiger partial charge on any atom is -0.296 e. The van der Waals surface area contributed by atoms with Crippen molar-refractivity contribution in [3.63, 3.8) is 0 Å². The van der Waals surface area contributed by atoms with E-state index in [4.69, 9.17) is 0 Å². The van der Waals surface area contributed by atoms with E-state index in [0.29, 0.717) is 5.41 Å². The molecule has 1 heteroatoms. The van der Waals surface area contributed by atoms with Gasteiger partial charge in [-0.05, 0) is 30.7 Å². The highest BCUT2D eigenvalue weighted by molar-refractivity contribution is 5.14.